The summed E-state index contributed by atoms with van der Waals surface area (Å²) in [5, 5.41) is 0. The number of anilines is 1. The van der Waals surface area contributed by atoms with Gasteiger partial charge < -0.3 is 4.18 Å². The third kappa shape index (κ3) is 4.51. The highest BCUT2D eigenvalue weighted by atomic mass is 32.2. The monoisotopic (exact) mass is 425 g/mol. The van der Waals surface area contributed by atoms with Crippen LogP contribution in [-0.4, -0.2) is 19.9 Å². The van der Waals surface area contributed by atoms with Crippen molar-refractivity contribution in [2.75, 3.05) is 5.48 Å². The van der Waals surface area contributed by atoms with E-state index in [0.717, 1.165) is 11.6 Å². The van der Waals surface area contributed by atoms with E-state index < -0.39 is 21.4 Å². The van der Waals surface area contributed by atoms with E-state index >= 15 is 0 Å². The summed E-state index contributed by atoms with van der Waals surface area (Å²) in [5.74, 6) is 1.38. The summed E-state index contributed by atoms with van der Waals surface area (Å²) >= 11 is 0. The van der Waals surface area contributed by atoms with Crippen LogP contribution in [0.4, 0.5) is 18.9 Å². The van der Waals surface area contributed by atoms with Crippen molar-refractivity contribution in [1.82, 2.24) is 0 Å². The molecule has 152 valence electrons. The van der Waals surface area contributed by atoms with Crippen LogP contribution in [0.3, 0.4) is 0 Å². The molecule has 0 radical (unpaired) electrons. The SMILES string of the molecule is O=C=C1CC=Cc2cccc(NOCc3ccccc3OS(=O)(=O)C(F)(F)F)c21. The zero-order chi connectivity index (χ0) is 21.1. The molecule has 0 fully saturated rings. The molecular formula is C19H14F3NO5S. The Kier molecular flexibility index (Phi) is 5.78. The summed E-state index contributed by atoms with van der Waals surface area (Å²) in [4.78, 5) is 16.5. The Balaban J connectivity index is 1.77. The summed E-state index contributed by atoms with van der Waals surface area (Å²) < 4.78 is 64.4. The van der Waals surface area contributed by atoms with Crippen LogP contribution < -0.4 is 9.66 Å². The van der Waals surface area contributed by atoms with Crippen LogP contribution in [0.15, 0.2) is 48.5 Å². The topological polar surface area (TPSA) is 81.7 Å². The van der Waals surface area contributed by atoms with E-state index in [2.05, 4.69) is 9.66 Å². The zero-order valence-electron chi connectivity index (χ0n) is 14.7. The van der Waals surface area contributed by atoms with Gasteiger partial charge in [-0.05, 0) is 17.7 Å². The summed E-state index contributed by atoms with van der Waals surface area (Å²) in [6.07, 6.45) is 4.07. The highest BCUT2D eigenvalue weighted by molar-refractivity contribution is 7.88. The molecule has 0 bridgehead atoms. The third-order valence-electron chi connectivity index (χ3n) is 4.01. The number of benzene rings is 2. The number of allylic oxidation sites excluding steroid dienone is 2. The van der Waals surface area contributed by atoms with Gasteiger partial charge in [0.1, 0.15) is 18.3 Å². The lowest BCUT2D eigenvalue weighted by molar-refractivity contribution is -0.0500. The van der Waals surface area contributed by atoms with Gasteiger partial charge in [0.25, 0.3) is 0 Å². The van der Waals surface area contributed by atoms with Crippen LogP contribution in [0.2, 0.25) is 0 Å². The average molecular weight is 425 g/mol. The lowest BCUT2D eigenvalue weighted by atomic mass is 9.92. The number of hydrogen-bond donors (Lipinski definition) is 1. The quantitative estimate of drug-likeness (QED) is 0.325. The average Bonchev–Trinajstić information content (AvgIpc) is 2.67. The van der Waals surface area contributed by atoms with E-state index in [9.17, 15) is 26.4 Å². The Morgan fingerprint density at radius 1 is 1.10 bits per heavy atom. The molecular weight excluding hydrogens is 411 g/mol. The summed E-state index contributed by atoms with van der Waals surface area (Å²) in [6, 6.07) is 10.5. The molecule has 0 heterocycles. The summed E-state index contributed by atoms with van der Waals surface area (Å²) in [5.41, 5.74) is -0.554. The van der Waals surface area contributed by atoms with Crippen molar-refractivity contribution in [3.8, 4) is 5.75 Å². The fourth-order valence-electron chi connectivity index (χ4n) is 2.69. The smallest absolute Gasteiger partial charge is 0.376 e. The van der Waals surface area contributed by atoms with Gasteiger partial charge in [0, 0.05) is 23.1 Å². The van der Waals surface area contributed by atoms with Gasteiger partial charge in [-0.2, -0.15) is 21.6 Å². The molecule has 1 N–H and O–H groups in total. The number of halogens is 3. The van der Waals surface area contributed by atoms with Crippen molar-refractivity contribution in [3.63, 3.8) is 0 Å². The van der Waals surface area contributed by atoms with E-state index in [4.69, 9.17) is 4.84 Å². The largest absolute Gasteiger partial charge is 0.534 e. The number of rotatable bonds is 6. The van der Waals surface area contributed by atoms with E-state index in [1.54, 1.807) is 18.2 Å². The standard InChI is InChI=1S/C19H14F3NO5S/c20-19(21,22)29(25,26)28-17-10-2-1-5-15(17)12-27-23-16-9-4-7-13-6-3-8-14(11-24)18(13)16/h1-7,9-10,23H,8,12H2. The van der Waals surface area contributed by atoms with Gasteiger partial charge in [-0.3, -0.25) is 10.3 Å². The molecule has 2 aromatic carbocycles. The highest BCUT2D eigenvalue weighted by Crippen LogP contribution is 2.33. The molecule has 0 saturated carbocycles. The lowest BCUT2D eigenvalue weighted by Crippen LogP contribution is -2.28. The predicted molar refractivity (Wildman–Crippen MR) is 99.7 cm³/mol. The molecule has 2 aromatic rings. The molecule has 1 aliphatic rings. The highest BCUT2D eigenvalue weighted by Gasteiger charge is 2.48. The fourth-order valence-corrected chi connectivity index (χ4v) is 3.18. The molecule has 0 aliphatic heterocycles. The van der Waals surface area contributed by atoms with E-state index in [1.165, 1.54) is 18.2 Å². The second-order valence-electron chi connectivity index (χ2n) is 5.94. The Bertz CT molecular complexity index is 1100. The minimum atomic E-state index is -5.80. The summed E-state index contributed by atoms with van der Waals surface area (Å²) in [6.45, 7) is -0.302. The number of para-hydroxylation sites is 1. The molecule has 3 rings (SSSR count). The maximum atomic E-state index is 12.6. The zero-order valence-corrected chi connectivity index (χ0v) is 15.5. The van der Waals surface area contributed by atoms with E-state index in [0.29, 0.717) is 23.2 Å². The molecule has 0 unspecified atom stereocenters. The molecule has 0 aromatic heterocycles. The first-order valence-electron chi connectivity index (χ1n) is 8.23. The molecule has 6 nitrogen and oxygen atoms in total. The minimum absolute atomic E-state index is 0.0728. The first-order valence-corrected chi connectivity index (χ1v) is 9.64. The third-order valence-corrected chi connectivity index (χ3v) is 4.97. The second-order valence-corrected chi connectivity index (χ2v) is 7.48. The van der Waals surface area contributed by atoms with Gasteiger partial charge in [-0.25, -0.2) is 4.79 Å². The molecule has 0 spiro atoms. The number of fused-ring (bicyclic) bond motifs is 1. The summed E-state index contributed by atoms with van der Waals surface area (Å²) in [7, 11) is -5.80. The van der Waals surface area contributed by atoms with Crippen LogP contribution in [-0.2, 0) is 26.4 Å². The van der Waals surface area contributed by atoms with Crippen molar-refractivity contribution < 1.29 is 35.4 Å². The van der Waals surface area contributed by atoms with Gasteiger partial charge in [-0.15, -0.1) is 0 Å². The first-order chi connectivity index (χ1) is 13.7. The van der Waals surface area contributed by atoms with Crippen LogP contribution in [0.25, 0.3) is 11.6 Å². The van der Waals surface area contributed by atoms with Gasteiger partial charge >= 0.3 is 15.6 Å². The van der Waals surface area contributed by atoms with Crippen LogP contribution >= 0.6 is 0 Å². The molecule has 0 atom stereocenters. The van der Waals surface area contributed by atoms with Gasteiger partial charge in [0.15, 0.2) is 0 Å². The van der Waals surface area contributed by atoms with Gasteiger partial charge in [0.2, 0.25) is 0 Å². The molecule has 0 amide bonds. The maximum absolute atomic E-state index is 12.6. The predicted octanol–water partition coefficient (Wildman–Crippen LogP) is 4.09. The Hall–Kier alpha value is -3.07. The van der Waals surface area contributed by atoms with E-state index in [1.807, 2.05) is 18.1 Å². The van der Waals surface area contributed by atoms with Crippen LogP contribution in [0.5, 0.6) is 5.75 Å². The van der Waals surface area contributed by atoms with Gasteiger partial charge in [-0.1, -0.05) is 42.5 Å². The van der Waals surface area contributed by atoms with Crippen molar-refractivity contribution in [2.24, 2.45) is 0 Å². The number of alkyl halides is 3. The van der Waals surface area contributed by atoms with Crippen molar-refractivity contribution in [1.29, 1.82) is 0 Å². The number of carbonyl (C=O) groups excluding carboxylic acids is 1. The van der Waals surface area contributed by atoms with Crippen LogP contribution in [0, 0.1) is 0 Å². The Morgan fingerprint density at radius 2 is 1.86 bits per heavy atom. The van der Waals surface area contributed by atoms with Crippen molar-refractivity contribution in [2.45, 2.75) is 18.5 Å². The van der Waals surface area contributed by atoms with Crippen molar-refractivity contribution in [3.05, 3.63) is 65.2 Å². The second kappa shape index (κ2) is 8.12. The van der Waals surface area contributed by atoms with Crippen LogP contribution in [0.1, 0.15) is 23.1 Å². The Labute approximate surface area is 164 Å². The fraction of sp³-hybridized carbons (Fsp3) is 0.158. The minimum Gasteiger partial charge on any atom is -0.376 e. The molecule has 0 saturated heterocycles. The number of hydrogen-bond acceptors (Lipinski definition) is 6. The lowest BCUT2D eigenvalue weighted by Gasteiger charge is -2.18. The van der Waals surface area contributed by atoms with E-state index in [-0.39, 0.29) is 12.2 Å². The molecule has 10 heteroatoms. The normalized spacial score (nSPS) is 13.6. The van der Waals surface area contributed by atoms with Gasteiger partial charge in [0.05, 0.1) is 5.69 Å². The first kappa shape index (κ1) is 20.7. The Morgan fingerprint density at radius 3 is 2.59 bits per heavy atom. The maximum Gasteiger partial charge on any atom is 0.534 e. The molecule has 29 heavy (non-hydrogen) atoms. The number of nitrogens with one attached hydrogen (secondary N) is 1. The van der Waals surface area contributed by atoms with Crippen molar-refractivity contribution >= 4 is 33.4 Å². The molecule has 1 aliphatic carbocycles.